The number of aliphatic hydroxyl groups excluding tert-OH is 1. The van der Waals surface area contributed by atoms with E-state index in [0.29, 0.717) is 5.76 Å². The molecule has 1 saturated heterocycles. The van der Waals surface area contributed by atoms with Crippen LogP contribution in [0.5, 0.6) is 0 Å². The monoisotopic (exact) mass is 256 g/mol. The molecule has 1 aliphatic heterocycles. The standard InChI is InChI=1S/C12H20N2O2S/c15-10-12-2-1-11(16-12)9-13-3-4-14-5-7-17-8-6-14/h1-2,13,15H,3-10H2. The molecule has 2 N–H and O–H groups in total. The van der Waals surface area contributed by atoms with Crippen molar-refractivity contribution in [3.8, 4) is 0 Å². The smallest absolute Gasteiger partial charge is 0.129 e. The molecule has 4 nitrogen and oxygen atoms in total. The highest BCUT2D eigenvalue weighted by Gasteiger charge is 2.09. The van der Waals surface area contributed by atoms with Crippen molar-refractivity contribution in [2.24, 2.45) is 0 Å². The van der Waals surface area contributed by atoms with Gasteiger partial charge < -0.3 is 19.7 Å². The zero-order valence-electron chi connectivity index (χ0n) is 10.0. The molecular weight excluding hydrogens is 236 g/mol. The van der Waals surface area contributed by atoms with E-state index in [4.69, 9.17) is 9.52 Å². The molecule has 1 aliphatic rings. The molecule has 0 unspecified atom stereocenters. The van der Waals surface area contributed by atoms with Gasteiger partial charge in [0.15, 0.2) is 0 Å². The maximum Gasteiger partial charge on any atom is 0.129 e. The van der Waals surface area contributed by atoms with E-state index in [0.717, 1.165) is 25.4 Å². The SMILES string of the molecule is OCc1ccc(CNCCN2CCSCC2)o1. The van der Waals surface area contributed by atoms with E-state index in [-0.39, 0.29) is 6.61 Å². The molecule has 0 atom stereocenters. The Kier molecular flexibility index (Phi) is 5.38. The van der Waals surface area contributed by atoms with Crippen molar-refractivity contribution < 1.29 is 9.52 Å². The Morgan fingerprint density at radius 3 is 2.76 bits per heavy atom. The highest BCUT2D eigenvalue weighted by molar-refractivity contribution is 7.99. The minimum absolute atomic E-state index is 0.0224. The Morgan fingerprint density at radius 1 is 1.29 bits per heavy atom. The average Bonchev–Trinajstić information content (AvgIpc) is 2.84. The Morgan fingerprint density at radius 2 is 2.06 bits per heavy atom. The predicted octanol–water partition coefficient (Wildman–Crippen LogP) is 0.910. The molecule has 17 heavy (non-hydrogen) atoms. The molecule has 0 aromatic carbocycles. The number of hydrogen-bond donors (Lipinski definition) is 2. The Bertz CT molecular complexity index is 324. The third-order valence-corrected chi connectivity index (χ3v) is 3.82. The quantitative estimate of drug-likeness (QED) is 0.741. The van der Waals surface area contributed by atoms with Gasteiger partial charge in [-0.15, -0.1) is 0 Å². The van der Waals surface area contributed by atoms with Gasteiger partial charge in [0.25, 0.3) is 0 Å². The molecule has 2 heterocycles. The minimum atomic E-state index is -0.0224. The molecule has 5 heteroatoms. The van der Waals surface area contributed by atoms with Crippen LogP contribution in [0.3, 0.4) is 0 Å². The second-order valence-corrected chi connectivity index (χ2v) is 5.38. The molecule has 1 aromatic rings. The number of nitrogens with one attached hydrogen (secondary N) is 1. The van der Waals surface area contributed by atoms with Crippen LogP contribution in [0, 0.1) is 0 Å². The molecule has 0 spiro atoms. The minimum Gasteiger partial charge on any atom is -0.462 e. The second kappa shape index (κ2) is 7.06. The first-order valence-corrected chi connectivity index (χ1v) is 7.23. The number of hydrogen-bond acceptors (Lipinski definition) is 5. The summed E-state index contributed by atoms with van der Waals surface area (Å²) in [6.45, 7) is 5.23. The van der Waals surface area contributed by atoms with Gasteiger partial charge in [-0.05, 0) is 12.1 Å². The van der Waals surface area contributed by atoms with Crippen molar-refractivity contribution in [3.05, 3.63) is 23.7 Å². The summed E-state index contributed by atoms with van der Waals surface area (Å²) in [7, 11) is 0. The van der Waals surface area contributed by atoms with Crippen LogP contribution in [0.15, 0.2) is 16.5 Å². The first-order chi connectivity index (χ1) is 8.38. The van der Waals surface area contributed by atoms with Crippen LogP contribution in [0.2, 0.25) is 0 Å². The summed E-state index contributed by atoms with van der Waals surface area (Å²) in [5.74, 6) is 4.05. The number of rotatable bonds is 6. The van der Waals surface area contributed by atoms with Gasteiger partial charge in [-0.25, -0.2) is 0 Å². The topological polar surface area (TPSA) is 48.6 Å². The van der Waals surface area contributed by atoms with Crippen molar-refractivity contribution in [1.82, 2.24) is 10.2 Å². The van der Waals surface area contributed by atoms with Crippen LogP contribution in [0.25, 0.3) is 0 Å². The second-order valence-electron chi connectivity index (χ2n) is 4.16. The van der Waals surface area contributed by atoms with Crippen LogP contribution in [-0.4, -0.2) is 47.7 Å². The number of aliphatic hydroxyl groups is 1. The number of furan rings is 1. The van der Waals surface area contributed by atoms with Gasteiger partial charge >= 0.3 is 0 Å². The first kappa shape index (κ1) is 13.0. The number of thioether (sulfide) groups is 1. The molecule has 0 bridgehead atoms. The van der Waals surface area contributed by atoms with E-state index in [9.17, 15) is 0 Å². The van der Waals surface area contributed by atoms with E-state index in [1.165, 1.54) is 24.6 Å². The molecule has 96 valence electrons. The highest BCUT2D eigenvalue weighted by Crippen LogP contribution is 2.08. The maximum absolute atomic E-state index is 8.87. The molecule has 0 aliphatic carbocycles. The normalized spacial score (nSPS) is 17.5. The summed E-state index contributed by atoms with van der Waals surface area (Å²) in [6.07, 6.45) is 0. The van der Waals surface area contributed by atoms with Crippen LogP contribution >= 0.6 is 11.8 Å². The molecular formula is C12H20N2O2S. The molecule has 0 saturated carbocycles. The summed E-state index contributed by atoms with van der Waals surface area (Å²) < 4.78 is 5.40. The molecule has 2 rings (SSSR count). The average molecular weight is 256 g/mol. The largest absolute Gasteiger partial charge is 0.462 e. The summed E-state index contributed by atoms with van der Waals surface area (Å²) in [5.41, 5.74) is 0. The van der Waals surface area contributed by atoms with E-state index < -0.39 is 0 Å². The Labute approximate surface area is 106 Å². The number of nitrogens with zero attached hydrogens (tertiary/aromatic N) is 1. The van der Waals surface area contributed by atoms with Crippen LogP contribution in [0.1, 0.15) is 11.5 Å². The Balaban J connectivity index is 1.59. The van der Waals surface area contributed by atoms with E-state index in [2.05, 4.69) is 10.2 Å². The first-order valence-electron chi connectivity index (χ1n) is 6.08. The summed E-state index contributed by atoms with van der Waals surface area (Å²) >= 11 is 2.04. The lowest BCUT2D eigenvalue weighted by Gasteiger charge is -2.25. The van der Waals surface area contributed by atoms with Crippen LogP contribution in [0.4, 0.5) is 0 Å². The zero-order valence-corrected chi connectivity index (χ0v) is 10.8. The van der Waals surface area contributed by atoms with Gasteiger partial charge in [0.05, 0.1) is 6.54 Å². The van der Waals surface area contributed by atoms with Crippen molar-refractivity contribution in [3.63, 3.8) is 0 Å². The molecule has 0 amide bonds. The van der Waals surface area contributed by atoms with Crippen LogP contribution < -0.4 is 5.32 Å². The van der Waals surface area contributed by atoms with Gasteiger partial charge in [-0.1, -0.05) is 0 Å². The van der Waals surface area contributed by atoms with Crippen molar-refractivity contribution >= 4 is 11.8 Å². The van der Waals surface area contributed by atoms with E-state index >= 15 is 0 Å². The van der Waals surface area contributed by atoms with Gasteiger partial charge in [-0.2, -0.15) is 11.8 Å². The Hall–Kier alpha value is -0.490. The highest BCUT2D eigenvalue weighted by atomic mass is 32.2. The fraction of sp³-hybridized carbons (Fsp3) is 0.667. The van der Waals surface area contributed by atoms with Crippen molar-refractivity contribution in [1.29, 1.82) is 0 Å². The van der Waals surface area contributed by atoms with Crippen molar-refractivity contribution in [2.45, 2.75) is 13.2 Å². The summed E-state index contributed by atoms with van der Waals surface area (Å²) in [5, 5.41) is 12.2. The lowest BCUT2D eigenvalue weighted by molar-refractivity contribution is 0.242. The van der Waals surface area contributed by atoms with Gasteiger partial charge in [0.1, 0.15) is 18.1 Å². The van der Waals surface area contributed by atoms with Gasteiger partial charge in [0, 0.05) is 37.7 Å². The van der Waals surface area contributed by atoms with Crippen LogP contribution in [-0.2, 0) is 13.2 Å². The summed E-state index contributed by atoms with van der Waals surface area (Å²) in [6, 6.07) is 3.73. The summed E-state index contributed by atoms with van der Waals surface area (Å²) in [4.78, 5) is 2.49. The lowest BCUT2D eigenvalue weighted by atomic mass is 10.4. The third-order valence-electron chi connectivity index (χ3n) is 2.88. The fourth-order valence-corrected chi connectivity index (χ4v) is 2.85. The molecule has 1 aromatic heterocycles. The van der Waals surface area contributed by atoms with Gasteiger partial charge in [0.2, 0.25) is 0 Å². The van der Waals surface area contributed by atoms with E-state index in [1.807, 2.05) is 23.9 Å². The van der Waals surface area contributed by atoms with Crippen molar-refractivity contribution in [2.75, 3.05) is 37.7 Å². The van der Waals surface area contributed by atoms with Gasteiger partial charge in [-0.3, -0.25) is 0 Å². The third kappa shape index (κ3) is 4.35. The fourth-order valence-electron chi connectivity index (χ4n) is 1.88. The van der Waals surface area contributed by atoms with E-state index in [1.54, 1.807) is 0 Å². The zero-order chi connectivity index (χ0) is 11.9. The predicted molar refractivity (Wildman–Crippen MR) is 70.1 cm³/mol. The molecule has 1 fully saturated rings. The lowest BCUT2D eigenvalue weighted by Crippen LogP contribution is -2.37. The maximum atomic E-state index is 8.87. The molecule has 0 radical (unpaired) electrons.